The molecule has 2 heterocycles. The summed E-state index contributed by atoms with van der Waals surface area (Å²) in [6.45, 7) is 0. The van der Waals surface area contributed by atoms with E-state index in [9.17, 15) is 5.26 Å². The molecule has 9 aromatic rings. The van der Waals surface area contributed by atoms with Crippen LogP contribution in [-0.4, -0.2) is 14.5 Å². The molecule has 0 radical (unpaired) electrons. The van der Waals surface area contributed by atoms with Crippen LogP contribution in [0.4, 0.5) is 0 Å². The highest BCUT2D eigenvalue weighted by Gasteiger charge is 2.20. The van der Waals surface area contributed by atoms with Gasteiger partial charge in [-0.25, -0.2) is 9.97 Å². The largest absolute Gasteiger partial charge is 0.308 e. The van der Waals surface area contributed by atoms with Crippen LogP contribution in [0.1, 0.15) is 5.56 Å². The maximum absolute atomic E-state index is 10.1. The molecule has 0 unspecified atom stereocenters. The molecule has 4 heteroatoms. The molecule has 0 bridgehead atoms. The van der Waals surface area contributed by atoms with Crippen molar-refractivity contribution in [2.75, 3.05) is 0 Å². The van der Waals surface area contributed by atoms with Crippen molar-refractivity contribution in [3.8, 4) is 67.9 Å². The van der Waals surface area contributed by atoms with Gasteiger partial charge in [0.25, 0.3) is 0 Å². The number of aromatic nitrogens is 3. The second-order valence-electron chi connectivity index (χ2n) is 12.6. The first kappa shape index (κ1) is 30.0. The zero-order valence-electron chi connectivity index (χ0n) is 27.6. The van der Waals surface area contributed by atoms with Gasteiger partial charge < -0.3 is 4.57 Å². The molecule has 2 aromatic heterocycles. The molecule has 0 N–H and O–H groups in total. The molecule has 9 rings (SSSR count). The first-order chi connectivity index (χ1) is 25.2. The van der Waals surface area contributed by atoms with E-state index in [0.717, 1.165) is 77.8 Å². The van der Waals surface area contributed by atoms with Crippen LogP contribution in [0.25, 0.3) is 83.6 Å². The van der Waals surface area contributed by atoms with Crippen LogP contribution in [0.15, 0.2) is 182 Å². The Bertz CT molecular complexity index is 2570. The fourth-order valence-corrected chi connectivity index (χ4v) is 6.96. The fraction of sp³-hybridized carbons (Fsp3) is 0. The van der Waals surface area contributed by atoms with Gasteiger partial charge in [0.15, 0.2) is 5.82 Å². The second-order valence-corrected chi connectivity index (χ2v) is 12.6. The summed E-state index contributed by atoms with van der Waals surface area (Å²) in [6.07, 6.45) is 0. The Kier molecular flexibility index (Phi) is 7.50. The quantitative estimate of drug-likeness (QED) is 0.180. The third-order valence-electron chi connectivity index (χ3n) is 9.45. The molecule has 51 heavy (non-hydrogen) atoms. The number of fused-ring (bicyclic) bond motifs is 3. The van der Waals surface area contributed by atoms with Gasteiger partial charge in [0.1, 0.15) is 0 Å². The van der Waals surface area contributed by atoms with Gasteiger partial charge in [-0.3, -0.25) is 0 Å². The van der Waals surface area contributed by atoms with Gasteiger partial charge in [0, 0.05) is 27.5 Å². The van der Waals surface area contributed by atoms with Crippen LogP contribution in [0.3, 0.4) is 0 Å². The molecule has 0 saturated heterocycles. The molecule has 238 valence electrons. The average molecular weight is 651 g/mol. The maximum Gasteiger partial charge on any atom is 0.162 e. The van der Waals surface area contributed by atoms with E-state index in [1.54, 1.807) is 0 Å². The first-order valence-corrected chi connectivity index (χ1v) is 17.0. The van der Waals surface area contributed by atoms with E-state index in [1.807, 2.05) is 72.8 Å². The van der Waals surface area contributed by atoms with Crippen LogP contribution < -0.4 is 0 Å². The van der Waals surface area contributed by atoms with E-state index in [4.69, 9.17) is 9.97 Å². The number of nitrogens with zero attached hydrogens (tertiary/aromatic N) is 4. The lowest BCUT2D eigenvalue weighted by molar-refractivity contribution is 1.14. The molecule has 0 aliphatic rings. The van der Waals surface area contributed by atoms with Crippen molar-refractivity contribution in [1.29, 1.82) is 5.26 Å². The highest BCUT2D eigenvalue weighted by Crippen LogP contribution is 2.40. The van der Waals surface area contributed by atoms with Crippen molar-refractivity contribution in [1.82, 2.24) is 14.5 Å². The molecule has 7 aromatic carbocycles. The Hall–Kier alpha value is -7.09. The average Bonchev–Trinajstić information content (AvgIpc) is 3.54. The first-order valence-electron chi connectivity index (χ1n) is 17.0. The number of hydrogen-bond acceptors (Lipinski definition) is 3. The number of benzene rings is 7. The lowest BCUT2D eigenvalue weighted by Gasteiger charge is -2.16. The summed E-state index contributed by atoms with van der Waals surface area (Å²) in [4.78, 5) is 10.4. The van der Waals surface area contributed by atoms with Gasteiger partial charge in [-0.2, -0.15) is 5.26 Å². The van der Waals surface area contributed by atoms with Crippen molar-refractivity contribution in [2.24, 2.45) is 0 Å². The Labute approximate surface area is 296 Å². The maximum atomic E-state index is 10.1. The Morgan fingerprint density at radius 1 is 0.412 bits per heavy atom. The smallest absolute Gasteiger partial charge is 0.162 e. The third kappa shape index (κ3) is 5.53. The predicted octanol–water partition coefficient (Wildman–Crippen LogP) is 11.8. The summed E-state index contributed by atoms with van der Waals surface area (Å²) < 4.78 is 2.30. The van der Waals surface area contributed by atoms with Crippen molar-refractivity contribution < 1.29 is 0 Å². The van der Waals surface area contributed by atoms with E-state index in [0.29, 0.717) is 11.4 Å². The molecular formula is C47H30N4. The van der Waals surface area contributed by atoms with Gasteiger partial charge in [-0.1, -0.05) is 133 Å². The normalized spacial score (nSPS) is 11.1. The zero-order valence-corrected chi connectivity index (χ0v) is 27.6. The van der Waals surface area contributed by atoms with E-state index in [-0.39, 0.29) is 0 Å². The van der Waals surface area contributed by atoms with Crippen molar-refractivity contribution in [3.05, 3.63) is 188 Å². The monoisotopic (exact) mass is 650 g/mol. The topological polar surface area (TPSA) is 54.5 Å². The molecular weight excluding hydrogens is 621 g/mol. The number of nitriles is 1. The molecule has 4 nitrogen and oxygen atoms in total. The highest BCUT2D eigenvalue weighted by atomic mass is 15.0. The highest BCUT2D eigenvalue weighted by molar-refractivity contribution is 6.12. The minimum atomic E-state index is 0.544. The number of hydrogen-bond donors (Lipinski definition) is 0. The summed E-state index contributed by atoms with van der Waals surface area (Å²) in [5.74, 6) is 0.555. The Balaban J connectivity index is 1.33. The molecule has 0 spiro atoms. The van der Waals surface area contributed by atoms with Crippen molar-refractivity contribution >= 4 is 21.8 Å². The molecule has 0 saturated carbocycles. The van der Waals surface area contributed by atoms with Gasteiger partial charge in [0.05, 0.1) is 39.7 Å². The standard InChI is InChI=1S/C47H30N4/c48-31-32-21-24-46(41(27-32)47-49-42(35-17-9-3-10-18-35)30-43(50-47)36-19-11-4-12-20-36)51-44-25-22-37(33-13-5-1-6-14-33)28-39(44)40-29-38(23-26-45(40)51)34-15-7-2-8-16-34/h1-30H. The van der Waals surface area contributed by atoms with E-state index in [2.05, 4.69) is 120 Å². The van der Waals surface area contributed by atoms with Crippen LogP contribution in [0.5, 0.6) is 0 Å². The zero-order chi connectivity index (χ0) is 34.1. The number of rotatable bonds is 6. The predicted molar refractivity (Wildman–Crippen MR) is 208 cm³/mol. The van der Waals surface area contributed by atoms with E-state index >= 15 is 0 Å². The van der Waals surface area contributed by atoms with Gasteiger partial charge in [0.2, 0.25) is 0 Å². The minimum Gasteiger partial charge on any atom is -0.308 e. The molecule has 0 fully saturated rings. The molecule has 0 amide bonds. The van der Waals surface area contributed by atoms with Crippen LogP contribution in [0.2, 0.25) is 0 Å². The summed E-state index contributed by atoms with van der Waals surface area (Å²) >= 11 is 0. The Morgan fingerprint density at radius 3 is 1.31 bits per heavy atom. The molecule has 0 atom stereocenters. The minimum absolute atomic E-state index is 0.544. The third-order valence-corrected chi connectivity index (χ3v) is 9.45. The molecule has 0 aliphatic heterocycles. The van der Waals surface area contributed by atoms with Gasteiger partial charge in [-0.15, -0.1) is 0 Å². The summed E-state index contributed by atoms with van der Waals surface area (Å²) in [5, 5.41) is 12.4. The SMILES string of the molecule is N#Cc1ccc(-n2c3ccc(-c4ccccc4)cc3c3cc(-c4ccccc4)ccc32)c(-c2nc(-c3ccccc3)cc(-c3ccccc3)n2)c1. The fourth-order valence-electron chi connectivity index (χ4n) is 6.96. The Morgan fingerprint density at radius 2 is 0.863 bits per heavy atom. The van der Waals surface area contributed by atoms with E-state index in [1.165, 1.54) is 0 Å². The lowest BCUT2D eigenvalue weighted by Crippen LogP contribution is -2.02. The lowest BCUT2D eigenvalue weighted by atomic mass is 10.0. The summed E-state index contributed by atoms with van der Waals surface area (Å²) in [5.41, 5.74) is 12.6. The van der Waals surface area contributed by atoms with Gasteiger partial charge >= 0.3 is 0 Å². The van der Waals surface area contributed by atoms with Crippen LogP contribution >= 0.6 is 0 Å². The van der Waals surface area contributed by atoms with Crippen molar-refractivity contribution in [3.63, 3.8) is 0 Å². The summed E-state index contributed by atoms with van der Waals surface area (Å²) in [6, 6.07) is 65.0. The van der Waals surface area contributed by atoms with Crippen LogP contribution in [-0.2, 0) is 0 Å². The second kappa shape index (κ2) is 12.7. The van der Waals surface area contributed by atoms with Gasteiger partial charge in [-0.05, 0) is 70.8 Å². The van der Waals surface area contributed by atoms with Crippen molar-refractivity contribution in [2.45, 2.75) is 0 Å². The summed E-state index contributed by atoms with van der Waals surface area (Å²) in [7, 11) is 0. The molecule has 0 aliphatic carbocycles. The van der Waals surface area contributed by atoms with Crippen LogP contribution in [0, 0.1) is 11.3 Å². The van der Waals surface area contributed by atoms with E-state index < -0.39 is 0 Å².